The highest BCUT2D eigenvalue weighted by Crippen LogP contribution is 2.53. The smallest absolute Gasteiger partial charge is 0.407 e. The zero-order chi connectivity index (χ0) is 12.3. The van der Waals surface area contributed by atoms with Crippen molar-refractivity contribution in [3.63, 3.8) is 0 Å². The van der Waals surface area contributed by atoms with Crippen molar-refractivity contribution < 1.29 is 18.8 Å². The highest BCUT2D eigenvalue weighted by Gasteiger charge is 2.40. The van der Waals surface area contributed by atoms with Crippen LogP contribution in [0.1, 0.15) is 20.3 Å². The van der Waals surface area contributed by atoms with Crippen LogP contribution in [0, 0.1) is 5.92 Å². The van der Waals surface area contributed by atoms with Gasteiger partial charge < -0.3 is 5.21 Å². The van der Waals surface area contributed by atoms with E-state index in [1.165, 1.54) is 14.2 Å². The van der Waals surface area contributed by atoms with Crippen molar-refractivity contribution in [1.29, 1.82) is 0 Å². The lowest BCUT2D eigenvalue weighted by Gasteiger charge is -2.39. The Morgan fingerprint density at radius 2 is 2.00 bits per heavy atom. The standard InChI is InChI=1S/C9H19N2O4P/c1-7-6-11(16(13,14-3)15-4)8(2)5-9(7)10-12/h7-8,12H,5-6H2,1-4H3/b10-9-/t7-,8-/m0/s1. The number of nitrogens with zero attached hydrogens (tertiary/aromatic N) is 2. The zero-order valence-corrected chi connectivity index (χ0v) is 11.0. The van der Waals surface area contributed by atoms with Gasteiger partial charge in [-0.25, -0.2) is 9.24 Å². The molecular weight excluding hydrogens is 231 g/mol. The number of hydrogen-bond acceptors (Lipinski definition) is 5. The van der Waals surface area contributed by atoms with E-state index in [1.54, 1.807) is 4.67 Å². The van der Waals surface area contributed by atoms with Gasteiger partial charge in [0.25, 0.3) is 0 Å². The van der Waals surface area contributed by atoms with E-state index in [0.29, 0.717) is 13.0 Å². The molecule has 1 aliphatic rings. The number of oxime groups is 1. The van der Waals surface area contributed by atoms with Crippen LogP contribution in [0.25, 0.3) is 0 Å². The molecule has 1 rings (SSSR count). The minimum atomic E-state index is -3.19. The predicted octanol–water partition coefficient (Wildman–Crippen LogP) is 1.95. The van der Waals surface area contributed by atoms with E-state index < -0.39 is 7.75 Å². The van der Waals surface area contributed by atoms with E-state index in [4.69, 9.17) is 14.3 Å². The highest BCUT2D eigenvalue weighted by molar-refractivity contribution is 7.51. The van der Waals surface area contributed by atoms with E-state index in [1.807, 2.05) is 13.8 Å². The molecule has 94 valence electrons. The Morgan fingerprint density at radius 1 is 1.44 bits per heavy atom. The summed E-state index contributed by atoms with van der Waals surface area (Å²) in [5.74, 6) is 0.0415. The molecule has 0 aromatic rings. The Labute approximate surface area is 95.8 Å². The van der Waals surface area contributed by atoms with Crippen molar-refractivity contribution in [2.75, 3.05) is 20.8 Å². The summed E-state index contributed by atoms with van der Waals surface area (Å²) in [6.45, 7) is 4.32. The number of hydrogen-bond donors (Lipinski definition) is 1. The lowest BCUT2D eigenvalue weighted by atomic mass is 9.95. The van der Waals surface area contributed by atoms with Gasteiger partial charge in [0.05, 0.1) is 5.71 Å². The molecule has 0 aromatic heterocycles. The summed E-state index contributed by atoms with van der Waals surface area (Å²) in [7, 11) is -0.446. The molecule has 0 spiro atoms. The van der Waals surface area contributed by atoms with Crippen LogP contribution < -0.4 is 0 Å². The van der Waals surface area contributed by atoms with Crippen molar-refractivity contribution in [1.82, 2.24) is 4.67 Å². The molecular formula is C9H19N2O4P. The van der Waals surface area contributed by atoms with E-state index in [2.05, 4.69) is 5.16 Å². The van der Waals surface area contributed by atoms with E-state index in [-0.39, 0.29) is 12.0 Å². The fraction of sp³-hybridized carbons (Fsp3) is 0.889. The van der Waals surface area contributed by atoms with Crippen LogP contribution >= 0.6 is 7.75 Å². The van der Waals surface area contributed by atoms with Gasteiger partial charge in [-0.1, -0.05) is 12.1 Å². The summed E-state index contributed by atoms with van der Waals surface area (Å²) in [4.78, 5) is 0. The molecule has 1 aliphatic heterocycles. The third-order valence-electron chi connectivity index (χ3n) is 2.95. The van der Waals surface area contributed by atoms with Gasteiger partial charge in [0.15, 0.2) is 0 Å². The van der Waals surface area contributed by atoms with Crippen LogP contribution in [-0.2, 0) is 13.6 Å². The van der Waals surface area contributed by atoms with Crippen molar-refractivity contribution in [3.05, 3.63) is 0 Å². The second-order valence-electron chi connectivity index (χ2n) is 4.00. The molecule has 0 aromatic carbocycles. The first-order chi connectivity index (χ1) is 7.48. The SMILES string of the molecule is COP(=O)(OC)N1C[C@H](C)/C(=N\O)C[C@@H]1C. The van der Waals surface area contributed by atoms with E-state index >= 15 is 0 Å². The maximum Gasteiger partial charge on any atom is 0.407 e. The first-order valence-corrected chi connectivity index (χ1v) is 6.67. The first kappa shape index (κ1) is 13.6. The Morgan fingerprint density at radius 3 is 2.44 bits per heavy atom. The van der Waals surface area contributed by atoms with Crippen LogP contribution in [0.5, 0.6) is 0 Å². The molecule has 1 heterocycles. The molecule has 0 radical (unpaired) electrons. The average molecular weight is 250 g/mol. The highest BCUT2D eigenvalue weighted by atomic mass is 31.2. The van der Waals surface area contributed by atoms with Gasteiger partial charge in [-0.05, 0) is 6.92 Å². The molecule has 7 heteroatoms. The van der Waals surface area contributed by atoms with Crippen molar-refractivity contribution in [2.45, 2.75) is 26.3 Å². The van der Waals surface area contributed by atoms with Gasteiger partial charge in [-0.15, -0.1) is 0 Å². The minimum Gasteiger partial charge on any atom is -0.411 e. The number of rotatable bonds is 3. The maximum atomic E-state index is 12.2. The van der Waals surface area contributed by atoms with Gasteiger partial charge >= 0.3 is 7.75 Å². The normalized spacial score (nSPS) is 30.9. The molecule has 0 aliphatic carbocycles. The van der Waals surface area contributed by atoms with Crippen LogP contribution in [0.15, 0.2) is 5.16 Å². The van der Waals surface area contributed by atoms with Crippen molar-refractivity contribution in [3.8, 4) is 0 Å². The maximum absolute atomic E-state index is 12.2. The lowest BCUT2D eigenvalue weighted by Crippen LogP contribution is -2.43. The molecule has 1 saturated heterocycles. The fourth-order valence-electron chi connectivity index (χ4n) is 1.94. The third-order valence-corrected chi connectivity index (χ3v) is 5.06. The summed E-state index contributed by atoms with van der Waals surface area (Å²) in [6, 6.07) is -0.0344. The Bertz CT molecular complexity index is 313. The second kappa shape index (κ2) is 5.27. The number of piperidine rings is 1. The van der Waals surface area contributed by atoms with Crippen LogP contribution in [0.4, 0.5) is 0 Å². The van der Waals surface area contributed by atoms with Gasteiger partial charge in [0.2, 0.25) is 0 Å². The summed E-state index contributed by atoms with van der Waals surface area (Å²) in [5, 5.41) is 12.1. The van der Waals surface area contributed by atoms with Crippen LogP contribution in [0.2, 0.25) is 0 Å². The van der Waals surface area contributed by atoms with Crippen LogP contribution in [0.3, 0.4) is 0 Å². The molecule has 0 amide bonds. The van der Waals surface area contributed by atoms with Gasteiger partial charge in [-0.2, -0.15) is 0 Å². The van der Waals surface area contributed by atoms with E-state index in [0.717, 1.165) is 5.71 Å². The molecule has 16 heavy (non-hydrogen) atoms. The Hall–Kier alpha value is -0.420. The third kappa shape index (κ3) is 2.46. The fourth-order valence-corrected chi connectivity index (χ4v) is 3.52. The van der Waals surface area contributed by atoms with Gasteiger partial charge in [-0.3, -0.25) is 9.05 Å². The molecule has 6 nitrogen and oxygen atoms in total. The lowest BCUT2D eigenvalue weighted by molar-refractivity contribution is 0.171. The summed E-state index contributed by atoms with van der Waals surface area (Å²) in [5.41, 5.74) is 0.725. The van der Waals surface area contributed by atoms with E-state index in [9.17, 15) is 4.57 Å². The van der Waals surface area contributed by atoms with Crippen molar-refractivity contribution in [2.24, 2.45) is 11.1 Å². The second-order valence-corrected chi connectivity index (χ2v) is 6.18. The Kier molecular flexibility index (Phi) is 4.50. The zero-order valence-electron chi connectivity index (χ0n) is 10.1. The first-order valence-electron chi connectivity index (χ1n) is 5.18. The topological polar surface area (TPSA) is 71.4 Å². The molecule has 1 N–H and O–H groups in total. The minimum absolute atomic E-state index is 0.0344. The average Bonchev–Trinajstić information content (AvgIpc) is 2.30. The monoisotopic (exact) mass is 250 g/mol. The molecule has 0 unspecified atom stereocenters. The largest absolute Gasteiger partial charge is 0.411 e. The molecule has 2 atom stereocenters. The van der Waals surface area contributed by atoms with Crippen LogP contribution in [-0.4, -0.2) is 42.4 Å². The summed E-state index contributed by atoms with van der Waals surface area (Å²) >= 11 is 0. The quantitative estimate of drug-likeness (QED) is 0.471. The molecule has 1 fully saturated rings. The van der Waals surface area contributed by atoms with Gasteiger partial charge in [0.1, 0.15) is 0 Å². The molecule has 0 bridgehead atoms. The summed E-state index contributed by atoms with van der Waals surface area (Å²) in [6.07, 6.45) is 0.564. The summed E-state index contributed by atoms with van der Waals surface area (Å²) < 4.78 is 23.9. The Balaban J connectivity index is 2.89. The predicted molar refractivity (Wildman–Crippen MR) is 60.8 cm³/mol. The van der Waals surface area contributed by atoms with Crippen molar-refractivity contribution >= 4 is 13.5 Å². The van der Waals surface area contributed by atoms with Gasteiger partial charge in [0, 0.05) is 39.1 Å². The molecule has 0 saturated carbocycles.